The molecule has 0 aliphatic heterocycles. The van der Waals surface area contributed by atoms with E-state index in [0.29, 0.717) is 24.8 Å². The summed E-state index contributed by atoms with van der Waals surface area (Å²) in [5, 5.41) is 2.96. The lowest BCUT2D eigenvalue weighted by atomic mass is 10.2. The smallest absolute Gasteiger partial charge is 0.225 e. The molecule has 0 aliphatic carbocycles. The summed E-state index contributed by atoms with van der Waals surface area (Å²) in [5.41, 5.74) is 1.99. The second kappa shape index (κ2) is 9.84. The number of hydrogen-bond acceptors (Lipinski definition) is 3. The molecule has 0 atom stereocenters. The standard InChI is InChI=1S/C21H28N2O2/c1-4-25-20-13-9-8-12-19(20)22-21(24)14-15-23(17(2)3)16-18-10-6-5-7-11-18/h5-13,17H,4,14-16H2,1-3H3,(H,22,24). The van der Waals surface area contributed by atoms with Crippen LogP contribution in [0.4, 0.5) is 5.69 Å². The van der Waals surface area contributed by atoms with E-state index < -0.39 is 0 Å². The van der Waals surface area contributed by atoms with Crippen LogP contribution in [0.3, 0.4) is 0 Å². The predicted octanol–water partition coefficient (Wildman–Crippen LogP) is 4.32. The predicted molar refractivity (Wildman–Crippen MR) is 103 cm³/mol. The van der Waals surface area contributed by atoms with Crippen LogP contribution in [0.1, 0.15) is 32.8 Å². The number of carbonyl (C=O) groups is 1. The van der Waals surface area contributed by atoms with Gasteiger partial charge in [0.15, 0.2) is 0 Å². The maximum atomic E-state index is 12.4. The van der Waals surface area contributed by atoms with E-state index in [0.717, 1.165) is 18.8 Å². The number of carbonyl (C=O) groups excluding carboxylic acids is 1. The maximum absolute atomic E-state index is 12.4. The lowest BCUT2D eigenvalue weighted by molar-refractivity contribution is -0.116. The van der Waals surface area contributed by atoms with Crippen molar-refractivity contribution in [3.05, 3.63) is 60.2 Å². The number of benzene rings is 2. The summed E-state index contributed by atoms with van der Waals surface area (Å²) in [6.45, 7) is 8.39. The second-order valence-corrected chi connectivity index (χ2v) is 6.28. The molecule has 0 bridgehead atoms. The molecule has 4 nitrogen and oxygen atoms in total. The molecule has 2 aromatic carbocycles. The molecule has 25 heavy (non-hydrogen) atoms. The fourth-order valence-corrected chi connectivity index (χ4v) is 2.65. The summed E-state index contributed by atoms with van der Waals surface area (Å²) in [6.07, 6.45) is 0.450. The molecule has 0 spiro atoms. The van der Waals surface area contributed by atoms with Crippen molar-refractivity contribution in [2.75, 3.05) is 18.5 Å². The van der Waals surface area contributed by atoms with E-state index in [1.807, 2.05) is 49.4 Å². The SMILES string of the molecule is CCOc1ccccc1NC(=O)CCN(Cc1ccccc1)C(C)C. The van der Waals surface area contributed by atoms with Gasteiger partial charge in [-0.3, -0.25) is 9.69 Å². The Hall–Kier alpha value is -2.33. The highest BCUT2D eigenvalue weighted by Crippen LogP contribution is 2.23. The fraction of sp³-hybridized carbons (Fsp3) is 0.381. The number of hydrogen-bond donors (Lipinski definition) is 1. The molecule has 0 radical (unpaired) electrons. The van der Waals surface area contributed by atoms with Crippen LogP contribution in [-0.2, 0) is 11.3 Å². The van der Waals surface area contributed by atoms with E-state index in [4.69, 9.17) is 4.74 Å². The Morgan fingerprint density at radius 1 is 1.08 bits per heavy atom. The van der Waals surface area contributed by atoms with Gasteiger partial charge in [-0.2, -0.15) is 0 Å². The third-order valence-corrected chi connectivity index (χ3v) is 4.05. The first-order valence-electron chi connectivity index (χ1n) is 8.89. The number of para-hydroxylation sites is 2. The van der Waals surface area contributed by atoms with Gasteiger partial charge in [-0.15, -0.1) is 0 Å². The minimum atomic E-state index is 0.00543. The van der Waals surface area contributed by atoms with Gasteiger partial charge in [0.2, 0.25) is 5.91 Å². The fourth-order valence-electron chi connectivity index (χ4n) is 2.65. The zero-order valence-electron chi connectivity index (χ0n) is 15.4. The topological polar surface area (TPSA) is 41.6 Å². The number of ether oxygens (including phenoxy) is 1. The van der Waals surface area contributed by atoms with E-state index >= 15 is 0 Å². The van der Waals surface area contributed by atoms with Crippen LogP contribution in [0, 0.1) is 0 Å². The summed E-state index contributed by atoms with van der Waals surface area (Å²) in [5.74, 6) is 0.717. The summed E-state index contributed by atoms with van der Waals surface area (Å²) >= 11 is 0. The van der Waals surface area contributed by atoms with Gasteiger partial charge < -0.3 is 10.1 Å². The molecule has 2 rings (SSSR count). The van der Waals surface area contributed by atoms with E-state index in [1.54, 1.807) is 0 Å². The van der Waals surface area contributed by atoms with Crippen molar-refractivity contribution in [3.63, 3.8) is 0 Å². The first-order chi connectivity index (χ1) is 12.1. The summed E-state index contributed by atoms with van der Waals surface area (Å²) in [4.78, 5) is 14.7. The van der Waals surface area contributed by atoms with Crippen LogP contribution < -0.4 is 10.1 Å². The average Bonchev–Trinajstić information content (AvgIpc) is 2.61. The first kappa shape index (κ1) is 19.0. The van der Waals surface area contributed by atoms with Gasteiger partial charge in [-0.25, -0.2) is 0 Å². The number of amides is 1. The number of nitrogens with one attached hydrogen (secondary N) is 1. The zero-order chi connectivity index (χ0) is 18.1. The Labute approximate surface area is 150 Å². The van der Waals surface area contributed by atoms with Crippen molar-refractivity contribution >= 4 is 11.6 Å². The monoisotopic (exact) mass is 340 g/mol. The zero-order valence-corrected chi connectivity index (χ0v) is 15.4. The minimum absolute atomic E-state index is 0.00543. The lowest BCUT2D eigenvalue weighted by Crippen LogP contribution is -2.33. The summed E-state index contributed by atoms with van der Waals surface area (Å²) < 4.78 is 5.56. The summed E-state index contributed by atoms with van der Waals surface area (Å²) in [7, 11) is 0. The molecule has 0 heterocycles. The average molecular weight is 340 g/mol. The van der Waals surface area contributed by atoms with Gasteiger partial charge in [0.25, 0.3) is 0 Å². The van der Waals surface area contributed by atoms with Gasteiger partial charge >= 0.3 is 0 Å². The third kappa shape index (κ3) is 6.24. The Balaban J connectivity index is 1.91. The highest BCUT2D eigenvalue weighted by atomic mass is 16.5. The molecule has 2 aromatic rings. The Bertz CT molecular complexity index is 656. The summed E-state index contributed by atoms with van der Waals surface area (Å²) in [6, 6.07) is 18.3. The van der Waals surface area contributed by atoms with Crippen molar-refractivity contribution < 1.29 is 9.53 Å². The maximum Gasteiger partial charge on any atom is 0.225 e. The van der Waals surface area contributed by atoms with Crippen molar-refractivity contribution in [2.45, 2.75) is 39.8 Å². The Morgan fingerprint density at radius 3 is 2.44 bits per heavy atom. The number of anilines is 1. The van der Waals surface area contributed by atoms with E-state index in [1.165, 1.54) is 5.56 Å². The van der Waals surface area contributed by atoms with Crippen LogP contribution in [0.15, 0.2) is 54.6 Å². The molecule has 0 saturated carbocycles. The highest BCUT2D eigenvalue weighted by molar-refractivity contribution is 5.92. The van der Waals surface area contributed by atoms with Gasteiger partial charge in [0.1, 0.15) is 5.75 Å². The molecule has 0 aromatic heterocycles. The molecule has 0 fully saturated rings. The van der Waals surface area contributed by atoms with E-state index in [2.05, 4.69) is 36.2 Å². The lowest BCUT2D eigenvalue weighted by Gasteiger charge is -2.26. The molecule has 4 heteroatoms. The van der Waals surface area contributed by atoms with Crippen LogP contribution in [0.2, 0.25) is 0 Å². The molecule has 0 saturated heterocycles. The van der Waals surface area contributed by atoms with Crippen LogP contribution in [0.25, 0.3) is 0 Å². The quantitative estimate of drug-likeness (QED) is 0.739. The van der Waals surface area contributed by atoms with Crippen LogP contribution in [-0.4, -0.2) is 30.0 Å². The van der Waals surface area contributed by atoms with Gasteiger partial charge in [0, 0.05) is 25.6 Å². The van der Waals surface area contributed by atoms with E-state index in [-0.39, 0.29) is 5.91 Å². The molecule has 0 aliphatic rings. The Morgan fingerprint density at radius 2 is 1.76 bits per heavy atom. The molecule has 1 N–H and O–H groups in total. The van der Waals surface area contributed by atoms with Crippen molar-refractivity contribution in [1.82, 2.24) is 4.90 Å². The highest BCUT2D eigenvalue weighted by Gasteiger charge is 2.13. The normalized spacial score (nSPS) is 10.9. The molecule has 134 valence electrons. The van der Waals surface area contributed by atoms with E-state index in [9.17, 15) is 4.79 Å². The second-order valence-electron chi connectivity index (χ2n) is 6.28. The van der Waals surface area contributed by atoms with Gasteiger partial charge in [0.05, 0.1) is 12.3 Å². The number of rotatable bonds is 9. The third-order valence-electron chi connectivity index (χ3n) is 4.05. The minimum Gasteiger partial charge on any atom is -0.492 e. The molecular weight excluding hydrogens is 312 g/mol. The van der Waals surface area contributed by atoms with Crippen molar-refractivity contribution in [2.24, 2.45) is 0 Å². The van der Waals surface area contributed by atoms with Gasteiger partial charge in [-0.05, 0) is 38.5 Å². The molecule has 1 amide bonds. The van der Waals surface area contributed by atoms with Gasteiger partial charge in [-0.1, -0.05) is 42.5 Å². The largest absolute Gasteiger partial charge is 0.492 e. The van der Waals surface area contributed by atoms with Crippen molar-refractivity contribution in [1.29, 1.82) is 0 Å². The number of nitrogens with zero attached hydrogens (tertiary/aromatic N) is 1. The molecular formula is C21H28N2O2. The molecule has 0 unspecified atom stereocenters. The van der Waals surface area contributed by atoms with Crippen LogP contribution >= 0.6 is 0 Å². The van der Waals surface area contributed by atoms with Crippen LogP contribution in [0.5, 0.6) is 5.75 Å². The Kier molecular flexibility index (Phi) is 7.48. The van der Waals surface area contributed by atoms with Crippen molar-refractivity contribution in [3.8, 4) is 5.75 Å². The first-order valence-corrected chi connectivity index (χ1v) is 8.89.